The Morgan fingerprint density at radius 2 is 2.06 bits per heavy atom. The Bertz CT molecular complexity index is 1140. The summed E-state index contributed by atoms with van der Waals surface area (Å²) in [7, 11) is 1.42. The molecule has 7 nitrogen and oxygen atoms in total. The summed E-state index contributed by atoms with van der Waals surface area (Å²) in [6, 6.07) is 8.34. The molecular formula is C24H29F4N5O2. The Balaban J connectivity index is 1.72. The van der Waals surface area contributed by atoms with Crippen molar-refractivity contribution >= 4 is 10.9 Å². The van der Waals surface area contributed by atoms with Gasteiger partial charge in [-0.05, 0) is 30.7 Å². The second kappa shape index (κ2) is 10.8. The number of fused-ring (bicyclic) bond motifs is 3. The Morgan fingerprint density at radius 3 is 2.80 bits per heavy atom. The first-order valence-corrected chi connectivity index (χ1v) is 11.4. The number of hydrogen-bond donors (Lipinski definition) is 3. The zero-order valence-electron chi connectivity index (χ0n) is 19.4. The smallest absolute Gasteiger partial charge is 0.401 e. The number of nitrogens with two attached hydrogens (primary N) is 1. The van der Waals surface area contributed by atoms with Crippen molar-refractivity contribution in [2.75, 3.05) is 40.0 Å². The predicted molar refractivity (Wildman–Crippen MR) is 124 cm³/mol. The monoisotopic (exact) mass is 495 g/mol. The normalized spacial score (nSPS) is 18.6. The largest absolute Gasteiger partial charge is 0.491 e. The summed E-state index contributed by atoms with van der Waals surface area (Å²) < 4.78 is 64.3. The summed E-state index contributed by atoms with van der Waals surface area (Å²) in [5.41, 5.74) is 9.08. The van der Waals surface area contributed by atoms with Crippen LogP contribution in [0.1, 0.15) is 29.3 Å². The molecular weight excluding hydrogens is 466 g/mol. The molecule has 1 aliphatic heterocycles. The number of aromatic nitrogens is 2. The first kappa shape index (κ1) is 25.2. The van der Waals surface area contributed by atoms with Crippen molar-refractivity contribution in [1.29, 1.82) is 0 Å². The van der Waals surface area contributed by atoms with E-state index < -0.39 is 31.6 Å². The van der Waals surface area contributed by atoms with Crippen molar-refractivity contribution in [1.82, 2.24) is 20.2 Å². The summed E-state index contributed by atoms with van der Waals surface area (Å²) in [6.45, 7) is -0.287. The Kier molecular flexibility index (Phi) is 7.78. The maximum Gasteiger partial charge on any atom is 0.401 e. The quantitative estimate of drug-likeness (QED) is 0.294. The van der Waals surface area contributed by atoms with Crippen LogP contribution in [0.3, 0.4) is 0 Å². The SMILES string of the molecule is COc1ncc(OCCNCCCF)cc1[C@@H]1c2[nH]c3ccccc3c2C[C@@H](N)N1CC(F)(F)F. The zero-order chi connectivity index (χ0) is 25.0. The van der Waals surface area contributed by atoms with Gasteiger partial charge in [0.2, 0.25) is 5.88 Å². The number of hydrogen-bond acceptors (Lipinski definition) is 6. The molecule has 0 fully saturated rings. The van der Waals surface area contributed by atoms with Crippen molar-refractivity contribution in [2.45, 2.75) is 31.2 Å². The fraction of sp³-hybridized carbons (Fsp3) is 0.458. The van der Waals surface area contributed by atoms with E-state index in [0.29, 0.717) is 36.5 Å². The van der Waals surface area contributed by atoms with E-state index in [4.69, 9.17) is 15.2 Å². The maximum atomic E-state index is 13.6. The number of halogens is 4. The van der Waals surface area contributed by atoms with E-state index in [1.54, 1.807) is 6.07 Å². The van der Waals surface area contributed by atoms with Crippen molar-refractivity contribution in [3.63, 3.8) is 0 Å². The van der Waals surface area contributed by atoms with Crippen LogP contribution in [-0.2, 0) is 6.42 Å². The van der Waals surface area contributed by atoms with Gasteiger partial charge in [0.15, 0.2) is 0 Å². The Hall–Kier alpha value is -2.89. The highest BCUT2D eigenvalue weighted by atomic mass is 19.4. The molecule has 3 heterocycles. The molecule has 0 radical (unpaired) electrons. The van der Waals surface area contributed by atoms with E-state index in [-0.39, 0.29) is 18.9 Å². The molecule has 2 aromatic heterocycles. The van der Waals surface area contributed by atoms with E-state index in [1.807, 2.05) is 24.3 Å². The van der Waals surface area contributed by atoms with Gasteiger partial charge in [0.25, 0.3) is 0 Å². The lowest BCUT2D eigenvalue weighted by atomic mass is 9.91. The van der Waals surface area contributed by atoms with Crippen LogP contribution in [0.25, 0.3) is 10.9 Å². The van der Waals surface area contributed by atoms with Crippen LogP contribution in [0.2, 0.25) is 0 Å². The highest BCUT2D eigenvalue weighted by Gasteiger charge is 2.43. The zero-order valence-corrected chi connectivity index (χ0v) is 19.4. The molecule has 0 saturated carbocycles. The number of alkyl halides is 4. The van der Waals surface area contributed by atoms with Crippen LogP contribution in [0.5, 0.6) is 11.6 Å². The van der Waals surface area contributed by atoms with Gasteiger partial charge in [0.1, 0.15) is 12.4 Å². The summed E-state index contributed by atoms with van der Waals surface area (Å²) >= 11 is 0. The molecule has 11 heteroatoms. The Labute approximate surface area is 200 Å². The van der Waals surface area contributed by atoms with Crippen molar-refractivity contribution in [3.05, 3.63) is 53.3 Å². The molecule has 3 aromatic rings. The second-order valence-corrected chi connectivity index (χ2v) is 8.43. The number of aromatic amines is 1. The Morgan fingerprint density at radius 1 is 1.26 bits per heavy atom. The van der Waals surface area contributed by atoms with Crippen LogP contribution < -0.4 is 20.5 Å². The fourth-order valence-corrected chi connectivity index (χ4v) is 4.56. The van der Waals surface area contributed by atoms with Crippen molar-refractivity contribution < 1.29 is 27.0 Å². The number of methoxy groups -OCH3 is 1. The first-order valence-electron chi connectivity index (χ1n) is 11.4. The molecule has 0 amide bonds. The van der Waals surface area contributed by atoms with E-state index in [9.17, 15) is 17.6 Å². The number of para-hydroxylation sites is 1. The minimum Gasteiger partial charge on any atom is -0.491 e. The van der Waals surface area contributed by atoms with Crippen molar-refractivity contribution in [2.24, 2.45) is 5.73 Å². The molecule has 190 valence electrons. The van der Waals surface area contributed by atoms with Gasteiger partial charge in [-0.1, -0.05) is 18.2 Å². The fourth-order valence-electron chi connectivity index (χ4n) is 4.56. The lowest BCUT2D eigenvalue weighted by Crippen LogP contribution is -2.52. The van der Waals surface area contributed by atoms with Crippen LogP contribution in [0.15, 0.2) is 36.5 Å². The molecule has 2 atom stereocenters. The topological polar surface area (TPSA) is 88.4 Å². The van der Waals surface area contributed by atoms with Gasteiger partial charge in [0, 0.05) is 35.1 Å². The van der Waals surface area contributed by atoms with Crippen LogP contribution in [0.4, 0.5) is 17.6 Å². The molecule has 1 aliphatic rings. The van der Waals surface area contributed by atoms with E-state index in [2.05, 4.69) is 15.3 Å². The second-order valence-electron chi connectivity index (χ2n) is 8.43. The van der Waals surface area contributed by atoms with Crippen LogP contribution in [-0.4, -0.2) is 67.2 Å². The number of H-pyrrole nitrogens is 1. The van der Waals surface area contributed by atoms with Gasteiger partial charge >= 0.3 is 6.18 Å². The van der Waals surface area contributed by atoms with Gasteiger partial charge in [0.05, 0.1) is 38.7 Å². The minimum atomic E-state index is -4.46. The molecule has 0 unspecified atom stereocenters. The number of pyridine rings is 1. The summed E-state index contributed by atoms with van der Waals surface area (Å²) in [5, 5.41) is 3.98. The van der Waals surface area contributed by atoms with Gasteiger partial charge in [-0.25, -0.2) is 4.98 Å². The maximum absolute atomic E-state index is 13.6. The van der Waals surface area contributed by atoms with Gasteiger partial charge in [-0.2, -0.15) is 13.2 Å². The average molecular weight is 496 g/mol. The molecule has 35 heavy (non-hydrogen) atoms. The summed E-state index contributed by atoms with van der Waals surface area (Å²) in [5.74, 6) is 0.575. The van der Waals surface area contributed by atoms with Gasteiger partial charge in [-0.15, -0.1) is 0 Å². The lowest BCUT2D eigenvalue weighted by molar-refractivity contribution is -0.156. The molecule has 1 aromatic carbocycles. The molecule has 0 aliphatic carbocycles. The van der Waals surface area contributed by atoms with Gasteiger partial charge in [-0.3, -0.25) is 9.29 Å². The number of nitrogens with zero attached hydrogens (tertiary/aromatic N) is 2. The third kappa shape index (κ3) is 5.68. The minimum absolute atomic E-state index is 0.189. The van der Waals surface area contributed by atoms with Crippen molar-refractivity contribution in [3.8, 4) is 11.6 Å². The third-order valence-corrected chi connectivity index (χ3v) is 6.03. The number of rotatable bonds is 10. The third-order valence-electron chi connectivity index (χ3n) is 6.03. The summed E-state index contributed by atoms with van der Waals surface area (Å²) in [4.78, 5) is 8.84. The predicted octanol–water partition coefficient (Wildman–Crippen LogP) is 3.69. The molecule has 0 saturated heterocycles. The number of benzene rings is 1. The molecule has 0 bridgehead atoms. The van der Waals surface area contributed by atoms with Crippen LogP contribution in [0, 0.1) is 0 Å². The van der Waals surface area contributed by atoms with E-state index in [1.165, 1.54) is 18.2 Å². The highest BCUT2D eigenvalue weighted by Crippen LogP contribution is 2.44. The lowest BCUT2D eigenvalue weighted by Gasteiger charge is -2.41. The first-order chi connectivity index (χ1) is 16.8. The molecule has 4 N–H and O–H groups in total. The van der Waals surface area contributed by atoms with E-state index in [0.717, 1.165) is 16.5 Å². The van der Waals surface area contributed by atoms with Crippen LogP contribution >= 0.6 is 0 Å². The highest BCUT2D eigenvalue weighted by molar-refractivity contribution is 5.85. The average Bonchev–Trinajstić information content (AvgIpc) is 3.19. The molecule has 0 spiro atoms. The van der Waals surface area contributed by atoms with Gasteiger partial charge < -0.3 is 25.5 Å². The summed E-state index contributed by atoms with van der Waals surface area (Å²) in [6.07, 6.45) is -3.19. The van der Waals surface area contributed by atoms with E-state index >= 15 is 0 Å². The number of nitrogens with one attached hydrogen (secondary N) is 2. The standard InChI is InChI=1S/C24H29F4N5O2/c1-34-23-18(11-15(13-31-23)35-10-9-30-8-4-7-25)22-21-17(16-5-2-3-6-19(16)32-21)12-20(29)33(22)14-24(26,27)28/h2-3,5-6,11,13,20,22,30,32H,4,7-10,12,14,29H2,1H3/t20-,22+/m0/s1. The number of ether oxygens (including phenoxy) is 2. The molecule has 4 rings (SSSR count).